The van der Waals surface area contributed by atoms with Gasteiger partial charge in [0, 0.05) is 30.2 Å². The molecule has 0 aliphatic rings. The molecule has 0 fully saturated rings. The van der Waals surface area contributed by atoms with Crippen LogP contribution in [0.5, 0.6) is 5.75 Å². The predicted octanol–water partition coefficient (Wildman–Crippen LogP) is 2.24. The molecule has 3 rings (SSSR count). The van der Waals surface area contributed by atoms with Crippen molar-refractivity contribution in [1.82, 2.24) is 0 Å². The van der Waals surface area contributed by atoms with Crippen molar-refractivity contribution in [2.24, 2.45) is 0 Å². The molecule has 12 nitrogen and oxygen atoms in total. The van der Waals surface area contributed by atoms with Crippen LogP contribution in [0.15, 0.2) is 64.4 Å². The molecule has 0 spiro atoms. The SMILES string of the molecule is CNc1cc(C)c(N)cc1OC.Nc1ccc(N)c(S(=O)(=O)O)c1.Nc1ccc(S(=O)(=O)O)cc1. The van der Waals surface area contributed by atoms with Crippen LogP contribution in [0.25, 0.3) is 0 Å². The first-order valence-corrected chi connectivity index (χ1v) is 12.6. The molecule has 3 aromatic rings. The second kappa shape index (κ2) is 12.1. The van der Waals surface area contributed by atoms with Crippen LogP contribution < -0.4 is 33.0 Å². The lowest BCUT2D eigenvalue weighted by Gasteiger charge is -2.10. The second-order valence-corrected chi connectivity index (χ2v) is 9.79. The van der Waals surface area contributed by atoms with Gasteiger partial charge in [0.05, 0.1) is 23.4 Å². The standard InChI is InChI=1S/C9H14N2O.C6H8N2O3S.C6H7NO3S/c1-6-4-8(11-2)9(12-3)5-7(6)10;7-4-1-2-5(8)6(3-4)12(9,10)11;7-5-1-3-6(4-2-5)11(8,9)10/h4-5,11H,10H2,1-3H3;1-3H,7-8H2,(H,9,10,11);1-4H,7H2,(H,8,9,10). The van der Waals surface area contributed by atoms with Gasteiger partial charge in [-0.2, -0.15) is 16.8 Å². The van der Waals surface area contributed by atoms with E-state index in [9.17, 15) is 16.8 Å². The molecule has 0 heterocycles. The highest BCUT2D eigenvalue weighted by molar-refractivity contribution is 7.86. The van der Waals surface area contributed by atoms with Gasteiger partial charge in [-0.25, -0.2) is 0 Å². The van der Waals surface area contributed by atoms with E-state index in [1.807, 2.05) is 26.1 Å². The summed E-state index contributed by atoms with van der Waals surface area (Å²) in [4.78, 5) is -0.505. The maximum Gasteiger partial charge on any atom is 0.296 e. The fourth-order valence-corrected chi connectivity index (χ4v) is 3.61. The first-order valence-electron chi connectivity index (χ1n) is 9.67. The second-order valence-electron chi connectivity index (χ2n) is 6.98. The van der Waals surface area contributed by atoms with Crippen molar-refractivity contribution in [3.63, 3.8) is 0 Å². The van der Waals surface area contributed by atoms with E-state index in [0.29, 0.717) is 5.69 Å². The Morgan fingerprint density at radius 3 is 1.74 bits per heavy atom. The maximum absolute atomic E-state index is 10.6. The van der Waals surface area contributed by atoms with Crippen molar-refractivity contribution in [2.45, 2.75) is 16.7 Å². The fraction of sp³-hybridized carbons (Fsp3) is 0.143. The van der Waals surface area contributed by atoms with Crippen molar-refractivity contribution in [1.29, 1.82) is 0 Å². The van der Waals surface area contributed by atoms with Crippen molar-refractivity contribution < 1.29 is 30.7 Å². The molecule has 0 atom stereocenters. The quantitative estimate of drug-likeness (QED) is 0.191. The minimum Gasteiger partial charge on any atom is -0.495 e. The minimum absolute atomic E-state index is 0.0216. The Labute approximate surface area is 204 Å². The summed E-state index contributed by atoms with van der Waals surface area (Å²) in [7, 11) is -4.85. The largest absolute Gasteiger partial charge is 0.495 e. The van der Waals surface area contributed by atoms with Gasteiger partial charge in [-0.1, -0.05) is 0 Å². The lowest BCUT2D eigenvalue weighted by molar-refractivity contribution is 0.417. The Bertz CT molecular complexity index is 1330. The molecule has 0 saturated heterocycles. The van der Waals surface area contributed by atoms with E-state index in [2.05, 4.69) is 5.32 Å². The third-order valence-corrected chi connectivity index (χ3v) is 6.13. The average Bonchev–Trinajstić information content (AvgIpc) is 2.76. The van der Waals surface area contributed by atoms with Gasteiger partial charge in [-0.15, -0.1) is 0 Å². The normalized spacial score (nSPS) is 10.8. The maximum atomic E-state index is 10.6. The van der Waals surface area contributed by atoms with E-state index in [0.717, 1.165) is 28.8 Å². The number of ether oxygens (including phenoxy) is 1. The van der Waals surface area contributed by atoms with Crippen LogP contribution in [0, 0.1) is 6.92 Å². The number of methoxy groups -OCH3 is 1. The van der Waals surface area contributed by atoms with Crippen LogP contribution in [-0.4, -0.2) is 40.1 Å². The fourth-order valence-electron chi connectivity index (χ4n) is 2.48. The number of hydrogen-bond donors (Lipinski definition) is 7. The van der Waals surface area contributed by atoms with E-state index >= 15 is 0 Å². The Balaban J connectivity index is 0.000000263. The molecule has 0 unspecified atom stereocenters. The van der Waals surface area contributed by atoms with Gasteiger partial charge in [-0.3, -0.25) is 9.11 Å². The molecular weight excluding hydrogens is 498 g/mol. The number of anilines is 5. The number of nitrogen functional groups attached to an aromatic ring is 4. The van der Waals surface area contributed by atoms with Crippen LogP contribution in [0.2, 0.25) is 0 Å². The zero-order valence-electron chi connectivity index (χ0n) is 19.3. The molecule has 0 radical (unpaired) electrons. The summed E-state index contributed by atoms with van der Waals surface area (Å²) >= 11 is 0. The summed E-state index contributed by atoms with van der Waals surface area (Å²) in [5.74, 6) is 0.778. The van der Waals surface area contributed by atoms with Gasteiger partial charge in [0.2, 0.25) is 0 Å². The van der Waals surface area contributed by atoms with Crippen molar-refractivity contribution in [3.05, 3.63) is 60.2 Å². The third-order valence-electron chi connectivity index (χ3n) is 4.35. The molecule has 11 N–H and O–H groups in total. The zero-order valence-corrected chi connectivity index (χ0v) is 20.9. The molecule has 35 heavy (non-hydrogen) atoms. The highest BCUT2D eigenvalue weighted by atomic mass is 32.2. The predicted molar refractivity (Wildman–Crippen MR) is 137 cm³/mol. The first kappa shape index (κ1) is 29.3. The van der Waals surface area contributed by atoms with E-state index < -0.39 is 20.2 Å². The van der Waals surface area contributed by atoms with Gasteiger partial charge < -0.3 is 33.0 Å². The summed E-state index contributed by atoms with van der Waals surface area (Å²) in [6.07, 6.45) is 0. The summed E-state index contributed by atoms with van der Waals surface area (Å²) in [6, 6.07) is 12.9. The summed E-state index contributed by atoms with van der Waals surface area (Å²) in [5.41, 5.74) is 25.0. The summed E-state index contributed by atoms with van der Waals surface area (Å²) < 4.78 is 64.4. The number of nitrogens with one attached hydrogen (secondary N) is 1. The lowest BCUT2D eigenvalue weighted by Crippen LogP contribution is -2.03. The summed E-state index contributed by atoms with van der Waals surface area (Å²) in [6.45, 7) is 1.97. The van der Waals surface area contributed by atoms with E-state index in [4.69, 9.17) is 36.8 Å². The van der Waals surface area contributed by atoms with Gasteiger partial charge in [-0.05, 0) is 61.0 Å². The number of nitrogens with two attached hydrogens (primary N) is 4. The topological polar surface area (TPSA) is 234 Å². The molecule has 0 aliphatic heterocycles. The molecule has 3 aromatic carbocycles. The highest BCUT2D eigenvalue weighted by Crippen LogP contribution is 2.28. The molecule has 0 aliphatic carbocycles. The molecule has 0 bridgehead atoms. The van der Waals surface area contributed by atoms with Gasteiger partial charge in [0.1, 0.15) is 10.6 Å². The number of rotatable bonds is 4. The van der Waals surface area contributed by atoms with Gasteiger partial charge in [0.15, 0.2) is 0 Å². The molecule has 0 saturated carbocycles. The highest BCUT2D eigenvalue weighted by Gasteiger charge is 2.13. The van der Waals surface area contributed by atoms with Crippen LogP contribution >= 0.6 is 0 Å². The van der Waals surface area contributed by atoms with Gasteiger partial charge in [0.25, 0.3) is 20.2 Å². The Morgan fingerprint density at radius 1 is 0.771 bits per heavy atom. The van der Waals surface area contributed by atoms with E-state index in [1.165, 1.54) is 36.4 Å². The van der Waals surface area contributed by atoms with Crippen LogP contribution in [0.1, 0.15) is 5.56 Å². The lowest BCUT2D eigenvalue weighted by atomic mass is 10.1. The number of benzene rings is 3. The summed E-state index contributed by atoms with van der Waals surface area (Å²) in [5, 5.41) is 3.03. The number of hydrogen-bond acceptors (Lipinski definition) is 10. The van der Waals surface area contributed by atoms with Crippen molar-refractivity contribution >= 4 is 48.7 Å². The van der Waals surface area contributed by atoms with Crippen molar-refractivity contribution in [2.75, 3.05) is 42.4 Å². The Hall–Kier alpha value is -3.72. The Kier molecular flexibility index (Phi) is 10.2. The van der Waals surface area contributed by atoms with Gasteiger partial charge >= 0.3 is 0 Å². The first-order chi connectivity index (χ1) is 16.1. The molecule has 192 valence electrons. The van der Waals surface area contributed by atoms with Crippen LogP contribution in [-0.2, 0) is 20.2 Å². The Morgan fingerprint density at radius 2 is 1.31 bits per heavy atom. The van der Waals surface area contributed by atoms with E-state index in [-0.39, 0.29) is 21.2 Å². The average molecular weight is 528 g/mol. The molecule has 0 amide bonds. The van der Waals surface area contributed by atoms with Crippen LogP contribution in [0.4, 0.5) is 28.4 Å². The third kappa shape index (κ3) is 9.21. The number of aryl methyl sites for hydroxylation is 1. The molecular formula is C21H29N5O7S2. The molecule has 14 heteroatoms. The monoisotopic (exact) mass is 527 g/mol. The smallest absolute Gasteiger partial charge is 0.296 e. The van der Waals surface area contributed by atoms with Crippen molar-refractivity contribution in [3.8, 4) is 5.75 Å². The zero-order chi connectivity index (χ0) is 27.0. The van der Waals surface area contributed by atoms with Crippen LogP contribution in [0.3, 0.4) is 0 Å². The molecule has 0 aromatic heterocycles. The van der Waals surface area contributed by atoms with E-state index in [1.54, 1.807) is 7.11 Å². The minimum atomic E-state index is -4.26.